The first-order chi connectivity index (χ1) is 69.9. The number of nitrogens with zero attached hydrogens (tertiary/aromatic N) is 3. The lowest BCUT2D eigenvalue weighted by atomic mass is 9.96. The van der Waals surface area contributed by atoms with E-state index < -0.39 is 0 Å². The molecule has 0 aliphatic carbocycles. The van der Waals surface area contributed by atoms with Gasteiger partial charge in [-0.15, -0.1) is 34.0 Å². The van der Waals surface area contributed by atoms with Crippen molar-refractivity contribution in [2.75, 3.05) is 0 Å². The van der Waals surface area contributed by atoms with Gasteiger partial charge in [0.25, 0.3) is 0 Å². The summed E-state index contributed by atoms with van der Waals surface area (Å²) < 4.78 is 35.4. The Morgan fingerprint density at radius 3 is 0.816 bits per heavy atom. The zero-order chi connectivity index (χ0) is 92.7. The molecule has 0 aliphatic rings. The Balaban J connectivity index is 0.000000104. The van der Waals surface area contributed by atoms with Crippen LogP contribution >= 0.6 is 34.0 Å². The zero-order valence-electron chi connectivity index (χ0n) is 76.1. The molecule has 0 atom stereocenters. The summed E-state index contributed by atoms with van der Waals surface area (Å²) in [5.41, 5.74) is 37.2. The highest BCUT2D eigenvalue weighted by Crippen LogP contribution is 2.52. The quantitative estimate of drug-likeness (QED) is 0.122. The van der Waals surface area contributed by atoms with Crippen molar-refractivity contribution in [3.8, 4) is 117 Å². The van der Waals surface area contributed by atoms with E-state index in [-0.39, 0.29) is 0 Å². The van der Waals surface area contributed by atoms with Crippen molar-refractivity contribution >= 4 is 193 Å². The topological polar surface area (TPSA) is 54.2 Å². The third-order valence-electron chi connectivity index (χ3n) is 28.2. The molecule has 0 spiro atoms. The van der Waals surface area contributed by atoms with Crippen molar-refractivity contribution in [3.63, 3.8) is 0 Å². The smallest absolute Gasteiger partial charge is 0.161 e. The van der Waals surface area contributed by atoms with E-state index >= 15 is 0 Å². The van der Waals surface area contributed by atoms with Gasteiger partial charge in [-0.3, -0.25) is 0 Å². The Bertz CT molecular complexity index is 10200. The molecule has 0 unspecified atom stereocenters. The molecule has 30 aromatic rings. The lowest BCUT2D eigenvalue weighted by Gasteiger charge is -2.09. The summed E-state index contributed by atoms with van der Waals surface area (Å²) in [6.45, 7) is 0. The maximum Gasteiger partial charge on any atom is 0.161 e. The number of fused-ring (bicyclic) bond motifs is 24. The van der Waals surface area contributed by atoms with Crippen molar-refractivity contribution in [2.45, 2.75) is 0 Å². The van der Waals surface area contributed by atoms with Gasteiger partial charge in [-0.2, -0.15) is 0 Å². The Morgan fingerprint density at radius 2 is 0.411 bits per heavy atom. The average Bonchev–Trinajstić information content (AvgIpc) is 1.56. The molecule has 6 nitrogen and oxygen atoms in total. The molecular formula is C132H81N3O3S3. The molecule has 9 heteroatoms. The number of hydrogen-bond donors (Lipinski definition) is 0. The van der Waals surface area contributed by atoms with Crippen LogP contribution in [0.2, 0.25) is 0 Å². The van der Waals surface area contributed by atoms with Gasteiger partial charge in [0.05, 0.1) is 16.6 Å². The summed E-state index contributed by atoms with van der Waals surface area (Å²) in [5.74, 6) is 0. The Hall–Kier alpha value is -17.7. The number of rotatable bonds is 12. The first-order valence-electron chi connectivity index (χ1n) is 47.8. The molecule has 0 radical (unpaired) electrons. The van der Waals surface area contributed by atoms with Crippen LogP contribution in [0.3, 0.4) is 0 Å². The van der Waals surface area contributed by atoms with Crippen LogP contribution in [-0.2, 0) is 0 Å². The van der Waals surface area contributed by atoms with E-state index in [9.17, 15) is 0 Å². The van der Waals surface area contributed by atoms with Crippen LogP contribution in [0.5, 0.6) is 0 Å². The molecule has 21 aromatic carbocycles. The number of hydrogen-bond acceptors (Lipinski definition) is 6. The second kappa shape index (κ2) is 33.6. The zero-order valence-corrected chi connectivity index (χ0v) is 78.5. The van der Waals surface area contributed by atoms with Crippen molar-refractivity contribution in [1.29, 1.82) is 0 Å². The first-order valence-corrected chi connectivity index (χ1v) is 50.2. The monoisotopic (exact) mass is 1850 g/mol. The van der Waals surface area contributed by atoms with Crippen molar-refractivity contribution in [2.24, 2.45) is 0 Å². The summed E-state index contributed by atoms with van der Waals surface area (Å²) in [6, 6.07) is 176. The van der Waals surface area contributed by atoms with E-state index in [1.54, 1.807) is 0 Å². The third-order valence-corrected chi connectivity index (χ3v) is 31.8. The molecule has 0 N–H and O–H groups in total. The van der Waals surface area contributed by atoms with Crippen LogP contribution in [0.25, 0.3) is 277 Å². The molecule has 0 saturated carbocycles. The normalized spacial score (nSPS) is 11.8. The molecule has 0 bridgehead atoms. The average molecular weight is 1850 g/mol. The van der Waals surface area contributed by atoms with Gasteiger partial charge in [0, 0.05) is 127 Å². The van der Waals surface area contributed by atoms with Crippen molar-refractivity contribution < 1.29 is 13.3 Å². The Labute approximate surface area is 822 Å². The van der Waals surface area contributed by atoms with Crippen LogP contribution in [0.1, 0.15) is 0 Å². The molecular weight excluding hydrogens is 1770 g/mol. The SMILES string of the molecule is c1ccc(-c2ccc3c(c2)sc2cc(-c4cccc(-c5cccc6c5oc5c7ccccc7n(-c7ccccc7)c65)c4)ccc23)cc1.c1ccc(-c2ccc3sc4c(-c5cccc(-c6cccc7c6oc6c8ccccc8n(-c8ccccc8)c76)c5)cccc4c3c2)cc1.c1ccc(-c2cccc3c2sc2c(-c4cccc(-c5cccc6c5oc5c7ccccc7n(-c7ccccc7)c65)c4)cccc23)cc1. The fourth-order valence-electron chi connectivity index (χ4n) is 21.8. The van der Waals surface area contributed by atoms with E-state index in [0.717, 1.165) is 149 Å². The van der Waals surface area contributed by atoms with E-state index in [4.69, 9.17) is 13.3 Å². The summed E-state index contributed by atoms with van der Waals surface area (Å²) in [7, 11) is 0. The van der Waals surface area contributed by atoms with Gasteiger partial charge >= 0.3 is 0 Å². The van der Waals surface area contributed by atoms with Crippen LogP contribution in [0, 0.1) is 0 Å². The maximum absolute atomic E-state index is 6.85. The predicted octanol–water partition coefficient (Wildman–Crippen LogP) is 38.7. The second-order valence-electron chi connectivity index (χ2n) is 36.3. The minimum absolute atomic E-state index is 0.914. The van der Waals surface area contributed by atoms with Crippen LogP contribution < -0.4 is 0 Å². The van der Waals surface area contributed by atoms with E-state index in [2.05, 4.69) is 505 Å². The fourth-order valence-corrected chi connectivity index (χ4v) is 25.5. The van der Waals surface area contributed by atoms with Crippen molar-refractivity contribution in [1.82, 2.24) is 13.7 Å². The molecule has 0 fully saturated rings. The van der Waals surface area contributed by atoms with Crippen LogP contribution in [0.4, 0.5) is 0 Å². The van der Waals surface area contributed by atoms with Crippen LogP contribution in [0.15, 0.2) is 505 Å². The minimum Gasteiger partial charge on any atom is -0.453 e. The first kappa shape index (κ1) is 81.6. The highest BCUT2D eigenvalue weighted by molar-refractivity contribution is 7.27. The number of benzene rings is 21. The van der Waals surface area contributed by atoms with E-state index in [0.29, 0.717) is 0 Å². The maximum atomic E-state index is 6.85. The molecule has 141 heavy (non-hydrogen) atoms. The fraction of sp³-hybridized carbons (Fsp3) is 0. The third kappa shape index (κ3) is 13.6. The second-order valence-corrected chi connectivity index (χ2v) is 39.4. The molecule has 30 rings (SSSR count). The lowest BCUT2D eigenvalue weighted by molar-refractivity contribution is 0.673. The Kier molecular flexibility index (Phi) is 19.5. The van der Waals surface area contributed by atoms with E-state index in [1.165, 1.54) is 127 Å². The van der Waals surface area contributed by atoms with Crippen LogP contribution in [-0.4, -0.2) is 13.7 Å². The summed E-state index contributed by atoms with van der Waals surface area (Å²) in [5, 5.41) is 14.5. The summed E-state index contributed by atoms with van der Waals surface area (Å²) in [6.07, 6.45) is 0. The van der Waals surface area contributed by atoms with Gasteiger partial charge in [0.2, 0.25) is 0 Å². The number of para-hydroxylation sites is 9. The largest absolute Gasteiger partial charge is 0.453 e. The molecule has 660 valence electrons. The van der Waals surface area contributed by atoms with Crippen molar-refractivity contribution in [3.05, 3.63) is 491 Å². The van der Waals surface area contributed by atoms with Gasteiger partial charge < -0.3 is 27.0 Å². The predicted molar refractivity (Wildman–Crippen MR) is 599 cm³/mol. The minimum atomic E-state index is 0.914. The van der Waals surface area contributed by atoms with E-state index in [1.807, 2.05) is 34.0 Å². The Morgan fingerprint density at radius 1 is 0.142 bits per heavy atom. The highest BCUT2D eigenvalue weighted by Gasteiger charge is 2.28. The highest BCUT2D eigenvalue weighted by atomic mass is 32.1. The van der Waals surface area contributed by atoms with Gasteiger partial charge in [-0.05, 0) is 217 Å². The number of aromatic nitrogens is 3. The van der Waals surface area contributed by atoms with Gasteiger partial charge in [-0.1, -0.05) is 358 Å². The molecule has 9 heterocycles. The van der Waals surface area contributed by atoms with Gasteiger partial charge in [-0.25, -0.2) is 0 Å². The molecule has 0 saturated heterocycles. The standard InChI is InChI=1S/3C44H27NOS/c1-3-13-28(14-4-1)33-21-11-23-35-36-24-12-22-34(44(36)47-43(33)35)30-16-9-15-29(27-30)32-20-10-25-38-40-42(46-41(32)38)37-19-7-8-26-39(37)45(40)31-17-5-2-6-18-31;1-3-12-28(13-4-1)29-24-25-40-38(27-29)35-21-11-20-34(44(35)47-40)31-15-9-14-30(26-31)33-19-10-22-37-41-43(46-42(33)37)36-18-7-8-23-39(36)45(41)32-16-5-2-6-17-32;1-3-11-28(12-4-1)30-21-23-35-36-24-22-31(27-41(36)47-40(35)26-30)29-13-9-14-32(25-29)34-18-10-19-38-42-44(46-43(34)38)37-17-7-8-20-39(37)45(42)33-15-5-2-6-16-33/h3*1-27H. The molecule has 0 aliphatic heterocycles. The van der Waals surface area contributed by atoms with Gasteiger partial charge in [0.1, 0.15) is 33.3 Å². The molecule has 0 amide bonds. The number of thiophene rings is 3. The number of furan rings is 3. The molecule has 9 aromatic heterocycles. The lowest BCUT2D eigenvalue weighted by Crippen LogP contribution is -1.92. The summed E-state index contributed by atoms with van der Waals surface area (Å²) in [4.78, 5) is 0. The summed E-state index contributed by atoms with van der Waals surface area (Å²) >= 11 is 5.64. The van der Waals surface area contributed by atoms with Gasteiger partial charge in [0.15, 0.2) is 16.7 Å².